The Bertz CT molecular complexity index is 405. The fourth-order valence-corrected chi connectivity index (χ4v) is 2.53. The van der Waals surface area contributed by atoms with Gasteiger partial charge in [0.1, 0.15) is 0 Å². The average Bonchev–Trinajstić information content (AvgIpc) is 2.91. The molecule has 0 saturated carbocycles. The van der Waals surface area contributed by atoms with E-state index in [0.29, 0.717) is 6.42 Å². The molecule has 2 N–H and O–H groups in total. The number of methoxy groups -OCH3 is 1. The molecule has 0 aromatic carbocycles. The van der Waals surface area contributed by atoms with Gasteiger partial charge in [-0.2, -0.15) is 0 Å². The van der Waals surface area contributed by atoms with E-state index in [1.54, 1.807) is 11.3 Å². The van der Waals surface area contributed by atoms with Gasteiger partial charge < -0.3 is 15.2 Å². The minimum absolute atomic E-state index is 0.0138. The monoisotopic (exact) mass is 299 g/mol. The van der Waals surface area contributed by atoms with Crippen molar-refractivity contribution in [2.75, 3.05) is 13.7 Å². The van der Waals surface area contributed by atoms with Crippen molar-refractivity contribution in [3.05, 3.63) is 22.4 Å². The molecule has 0 aliphatic carbocycles. The summed E-state index contributed by atoms with van der Waals surface area (Å²) in [5, 5.41) is 13.4. The summed E-state index contributed by atoms with van der Waals surface area (Å²) in [5.41, 5.74) is 0. The summed E-state index contributed by atoms with van der Waals surface area (Å²) in [6.07, 6.45) is 3.41. The van der Waals surface area contributed by atoms with E-state index < -0.39 is 12.1 Å². The fourth-order valence-electron chi connectivity index (χ4n) is 1.78. The van der Waals surface area contributed by atoms with Gasteiger partial charge in [0.25, 0.3) is 0 Å². The molecule has 0 aliphatic rings. The number of amides is 1. The molecule has 1 unspecified atom stereocenters. The SMILES string of the molecule is COC(CNC(=O)CCCCCc1cccs1)C(=O)O. The van der Waals surface area contributed by atoms with Crippen LogP contribution in [0.1, 0.15) is 30.6 Å². The standard InChI is InChI=1S/C14H21NO4S/c1-19-12(14(17)18)10-15-13(16)8-4-2-3-6-11-7-5-9-20-11/h5,7,9,12H,2-4,6,8,10H2,1H3,(H,15,16)(H,17,18). The van der Waals surface area contributed by atoms with Crippen LogP contribution in [0.2, 0.25) is 0 Å². The molecule has 20 heavy (non-hydrogen) atoms. The lowest BCUT2D eigenvalue weighted by Crippen LogP contribution is -2.37. The number of carboxylic acid groups (broad SMARTS) is 1. The van der Waals surface area contributed by atoms with Gasteiger partial charge in [0, 0.05) is 18.4 Å². The molecule has 1 aromatic heterocycles. The Balaban J connectivity index is 2.03. The van der Waals surface area contributed by atoms with Crippen LogP contribution in [0.15, 0.2) is 17.5 Å². The second-order valence-corrected chi connectivity index (χ2v) is 5.54. The number of carboxylic acids is 1. The lowest BCUT2D eigenvalue weighted by atomic mass is 10.1. The highest BCUT2D eigenvalue weighted by atomic mass is 32.1. The largest absolute Gasteiger partial charge is 0.479 e. The van der Waals surface area contributed by atoms with Crippen molar-refractivity contribution in [2.45, 2.75) is 38.2 Å². The highest BCUT2D eigenvalue weighted by Crippen LogP contribution is 2.13. The number of thiophene rings is 1. The molecule has 0 fully saturated rings. The number of carbonyl (C=O) groups excluding carboxylic acids is 1. The van der Waals surface area contributed by atoms with E-state index >= 15 is 0 Å². The number of ether oxygens (including phenoxy) is 1. The van der Waals surface area contributed by atoms with E-state index in [9.17, 15) is 9.59 Å². The Labute approximate surface area is 123 Å². The number of hydrogen-bond donors (Lipinski definition) is 2. The van der Waals surface area contributed by atoms with Crippen LogP contribution in [0.3, 0.4) is 0 Å². The Kier molecular flexibility index (Phi) is 7.91. The Morgan fingerprint density at radius 1 is 1.40 bits per heavy atom. The van der Waals surface area contributed by atoms with Crippen molar-refractivity contribution in [2.24, 2.45) is 0 Å². The van der Waals surface area contributed by atoms with Crippen molar-refractivity contribution >= 4 is 23.2 Å². The third kappa shape index (κ3) is 6.68. The Morgan fingerprint density at radius 3 is 2.80 bits per heavy atom. The first-order chi connectivity index (χ1) is 9.63. The van der Waals surface area contributed by atoms with Gasteiger partial charge in [-0.05, 0) is 30.7 Å². The van der Waals surface area contributed by atoms with Crippen molar-refractivity contribution < 1.29 is 19.4 Å². The van der Waals surface area contributed by atoms with E-state index in [1.165, 1.54) is 12.0 Å². The number of carbonyl (C=O) groups is 2. The summed E-state index contributed by atoms with van der Waals surface area (Å²) < 4.78 is 4.73. The van der Waals surface area contributed by atoms with E-state index in [-0.39, 0.29) is 12.5 Å². The summed E-state index contributed by atoms with van der Waals surface area (Å²) in [6, 6.07) is 4.16. The third-order valence-corrected chi connectivity index (χ3v) is 3.89. The zero-order chi connectivity index (χ0) is 14.8. The van der Waals surface area contributed by atoms with Crippen molar-refractivity contribution in [1.82, 2.24) is 5.32 Å². The summed E-state index contributed by atoms with van der Waals surface area (Å²) in [6.45, 7) is 0.0138. The molecule has 5 nitrogen and oxygen atoms in total. The quantitative estimate of drug-likeness (QED) is 0.649. The second kappa shape index (κ2) is 9.50. The summed E-state index contributed by atoms with van der Waals surface area (Å²) in [7, 11) is 1.31. The first-order valence-electron chi connectivity index (χ1n) is 6.68. The van der Waals surface area contributed by atoms with E-state index in [0.717, 1.165) is 25.7 Å². The maximum atomic E-state index is 11.5. The van der Waals surface area contributed by atoms with Gasteiger partial charge >= 0.3 is 5.97 Å². The lowest BCUT2D eigenvalue weighted by Gasteiger charge is -2.11. The average molecular weight is 299 g/mol. The molecule has 1 amide bonds. The molecule has 0 saturated heterocycles. The third-order valence-electron chi connectivity index (χ3n) is 2.95. The van der Waals surface area contributed by atoms with Crippen LogP contribution in [0, 0.1) is 0 Å². The number of aliphatic carboxylic acids is 1. The summed E-state index contributed by atoms with van der Waals surface area (Å²) >= 11 is 1.75. The Morgan fingerprint density at radius 2 is 2.20 bits per heavy atom. The number of aryl methyl sites for hydroxylation is 1. The molecule has 112 valence electrons. The molecule has 0 bridgehead atoms. The predicted molar refractivity (Wildman–Crippen MR) is 77.9 cm³/mol. The van der Waals surface area contributed by atoms with Gasteiger partial charge in [-0.3, -0.25) is 4.79 Å². The summed E-state index contributed by atoms with van der Waals surface area (Å²) in [5.74, 6) is -1.19. The molecule has 1 heterocycles. The van der Waals surface area contributed by atoms with E-state index in [2.05, 4.69) is 16.8 Å². The molecule has 6 heteroatoms. The smallest absolute Gasteiger partial charge is 0.334 e. The van der Waals surface area contributed by atoms with Crippen LogP contribution < -0.4 is 5.32 Å². The number of hydrogen-bond acceptors (Lipinski definition) is 4. The number of rotatable bonds is 10. The van der Waals surface area contributed by atoms with Gasteiger partial charge in [0.2, 0.25) is 5.91 Å². The van der Waals surface area contributed by atoms with Crippen LogP contribution in [-0.2, 0) is 20.7 Å². The second-order valence-electron chi connectivity index (χ2n) is 4.51. The maximum absolute atomic E-state index is 11.5. The van der Waals surface area contributed by atoms with Gasteiger partial charge in [0.05, 0.1) is 6.54 Å². The fraction of sp³-hybridized carbons (Fsp3) is 0.571. The molecule has 1 atom stereocenters. The normalized spacial score (nSPS) is 12.1. The molecule has 1 rings (SSSR count). The van der Waals surface area contributed by atoms with Crippen LogP contribution in [-0.4, -0.2) is 36.7 Å². The predicted octanol–water partition coefficient (Wildman–Crippen LogP) is 2.07. The highest BCUT2D eigenvalue weighted by molar-refractivity contribution is 7.09. The number of unbranched alkanes of at least 4 members (excludes halogenated alkanes) is 2. The minimum Gasteiger partial charge on any atom is -0.479 e. The first-order valence-corrected chi connectivity index (χ1v) is 7.56. The molecule has 0 spiro atoms. The molecule has 0 aliphatic heterocycles. The van der Waals surface area contributed by atoms with Crippen molar-refractivity contribution in [3.63, 3.8) is 0 Å². The van der Waals surface area contributed by atoms with Crippen LogP contribution in [0.5, 0.6) is 0 Å². The van der Waals surface area contributed by atoms with Gasteiger partial charge in [-0.25, -0.2) is 4.79 Å². The van der Waals surface area contributed by atoms with Crippen LogP contribution >= 0.6 is 11.3 Å². The summed E-state index contributed by atoms with van der Waals surface area (Å²) in [4.78, 5) is 23.6. The molecular weight excluding hydrogens is 278 g/mol. The van der Waals surface area contributed by atoms with Gasteiger partial charge in [-0.1, -0.05) is 12.5 Å². The van der Waals surface area contributed by atoms with Crippen molar-refractivity contribution in [3.8, 4) is 0 Å². The van der Waals surface area contributed by atoms with Crippen molar-refractivity contribution in [1.29, 1.82) is 0 Å². The number of nitrogens with one attached hydrogen (secondary N) is 1. The van der Waals surface area contributed by atoms with E-state index in [1.807, 2.05) is 6.07 Å². The first kappa shape index (κ1) is 16.7. The zero-order valence-corrected chi connectivity index (χ0v) is 12.4. The van der Waals surface area contributed by atoms with Crippen LogP contribution in [0.4, 0.5) is 0 Å². The van der Waals surface area contributed by atoms with Crippen LogP contribution in [0.25, 0.3) is 0 Å². The molecular formula is C14H21NO4S. The highest BCUT2D eigenvalue weighted by Gasteiger charge is 2.16. The van der Waals surface area contributed by atoms with Gasteiger partial charge in [0.15, 0.2) is 6.10 Å². The van der Waals surface area contributed by atoms with Gasteiger partial charge in [-0.15, -0.1) is 11.3 Å². The topological polar surface area (TPSA) is 75.6 Å². The van der Waals surface area contributed by atoms with E-state index in [4.69, 9.17) is 9.84 Å². The maximum Gasteiger partial charge on any atom is 0.334 e. The zero-order valence-electron chi connectivity index (χ0n) is 11.6. The molecule has 0 radical (unpaired) electrons. The molecule has 1 aromatic rings. The lowest BCUT2D eigenvalue weighted by molar-refractivity contribution is -0.148. The Hall–Kier alpha value is -1.40. The minimum atomic E-state index is -1.07.